The van der Waals surface area contributed by atoms with E-state index >= 15 is 0 Å². The lowest BCUT2D eigenvalue weighted by molar-refractivity contribution is 0.265. The van der Waals surface area contributed by atoms with Gasteiger partial charge in [0.25, 0.3) is 0 Å². The molecule has 74 valence electrons. The van der Waals surface area contributed by atoms with Crippen LogP contribution >= 0.6 is 0 Å². The summed E-state index contributed by atoms with van der Waals surface area (Å²) in [6.07, 6.45) is 6.90. The second-order valence-electron chi connectivity index (χ2n) is 3.10. The van der Waals surface area contributed by atoms with Gasteiger partial charge in [0.1, 0.15) is 0 Å². The number of hydrogen-bond donors (Lipinski definition) is 2. The maximum atomic E-state index is 9.12. The lowest BCUT2D eigenvalue weighted by Crippen LogP contribution is -2.17. The van der Waals surface area contributed by atoms with Crippen molar-refractivity contribution in [1.82, 2.24) is 14.4 Å². The molecule has 0 bridgehead atoms. The number of imidazole rings is 1. The van der Waals surface area contributed by atoms with Crippen LogP contribution < -0.4 is 5.73 Å². The number of nitrogens with zero attached hydrogens (tertiary/aromatic N) is 3. The molecule has 2 aromatic heterocycles. The first kappa shape index (κ1) is 9.11. The van der Waals surface area contributed by atoms with Gasteiger partial charge >= 0.3 is 0 Å². The summed E-state index contributed by atoms with van der Waals surface area (Å²) in [5.41, 5.74) is 7.24. The van der Waals surface area contributed by atoms with Crippen molar-refractivity contribution in [2.24, 2.45) is 5.73 Å². The first-order chi connectivity index (χ1) is 6.86. The summed E-state index contributed by atoms with van der Waals surface area (Å²) in [7, 11) is 0. The van der Waals surface area contributed by atoms with E-state index in [1.807, 2.05) is 10.6 Å². The van der Waals surface area contributed by atoms with E-state index in [2.05, 4.69) is 9.97 Å². The molecule has 5 heteroatoms. The van der Waals surface area contributed by atoms with Crippen molar-refractivity contribution in [3.8, 4) is 0 Å². The van der Waals surface area contributed by atoms with E-state index in [0.717, 1.165) is 11.3 Å². The highest BCUT2D eigenvalue weighted by Crippen LogP contribution is 2.14. The number of aliphatic hydroxyl groups is 1. The minimum atomic E-state index is -0.0626. The van der Waals surface area contributed by atoms with Crippen LogP contribution in [0.3, 0.4) is 0 Å². The fraction of sp³-hybridized carbons (Fsp3) is 0.333. The number of aliphatic hydroxyl groups excluding tert-OH is 1. The molecule has 2 rings (SSSR count). The average molecular weight is 192 g/mol. The van der Waals surface area contributed by atoms with Crippen molar-refractivity contribution in [3.05, 3.63) is 30.5 Å². The molecule has 1 atom stereocenters. The van der Waals surface area contributed by atoms with Crippen LogP contribution in [0.25, 0.3) is 5.65 Å². The minimum absolute atomic E-state index is 0.0343. The zero-order chi connectivity index (χ0) is 9.97. The zero-order valence-corrected chi connectivity index (χ0v) is 7.67. The highest BCUT2D eigenvalue weighted by atomic mass is 16.3. The normalized spacial score (nSPS) is 13.3. The molecule has 0 aliphatic heterocycles. The quantitative estimate of drug-likeness (QED) is 0.704. The Hall–Kier alpha value is -1.46. The van der Waals surface area contributed by atoms with Crippen LogP contribution in [-0.2, 0) is 0 Å². The van der Waals surface area contributed by atoms with E-state index in [-0.39, 0.29) is 12.5 Å². The molecular formula is C9H12N4O. The van der Waals surface area contributed by atoms with Crippen LogP contribution in [0.1, 0.15) is 11.6 Å². The Labute approximate surface area is 81.2 Å². The maximum absolute atomic E-state index is 9.12. The number of fused-ring (bicyclic) bond motifs is 1. The number of rotatable bonds is 3. The van der Waals surface area contributed by atoms with Crippen molar-refractivity contribution in [2.75, 3.05) is 13.2 Å². The Morgan fingerprint density at radius 2 is 2.36 bits per heavy atom. The van der Waals surface area contributed by atoms with Gasteiger partial charge in [0.2, 0.25) is 0 Å². The molecule has 0 radical (unpaired) electrons. The van der Waals surface area contributed by atoms with Crippen LogP contribution in [0.5, 0.6) is 0 Å². The summed E-state index contributed by atoms with van der Waals surface area (Å²) in [4.78, 5) is 8.13. The lowest BCUT2D eigenvalue weighted by atomic mass is 10.1. The molecule has 0 aliphatic carbocycles. The van der Waals surface area contributed by atoms with Gasteiger partial charge in [-0.25, -0.2) is 4.98 Å². The highest BCUT2D eigenvalue weighted by molar-refractivity contribution is 5.37. The highest BCUT2D eigenvalue weighted by Gasteiger charge is 2.12. The Morgan fingerprint density at radius 1 is 1.50 bits per heavy atom. The fourth-order valence-electron chi connectivity index (χ4n) is 1.45. The van der Waals surface area contributed by atoms with E-state index < -0.39 is 0 Å². The van der Waals surface area contributed by atoms with Crippen LogP contribution in [0.4, 0.5) is 0 Å². The lowest BCUT2D eigenvalue weighted by Gasteiger charge is -2.10. The SMILES string of the molecule is NCC(CO)c1cnc2cnccn12. The summed E-state index contributed by atoms with van der Waals surface area (Å²) in [5.74, 6) is -0.0626. The predicted molar refractivity (Wildman–Crippen MR) is 51.9 cm³/mol. The van der Waals surface area contributed by atoms with Crippen LogP contribution in [-0.4, -0.2) is 32.6 Å². The molecule has 0 saturated carbocycles. The second kappa shape index (κ2) is 3.73. The molecule has 0 aliphatic rings. The van der Waals surface area contributed by atoms with E-state index in [4.69, 9.17) is 10.8 Å². The summed E-state index contributed by atoms with van der Waals surface area (Å²) in [6, 6.07) is 0. The molecule has 0 spiro atoms. The van der Waals surface area contributed by atoms with Crippen molar-refractivity contribution < 1.29 is 5.11 Å². The largest absolute Gasteiger partial charge is 0.396 e. The van der Waals surface area contributed by atoms with Gasteiger partial charge in [-0.2, -0.15) is 0 Å². The van der Waals surface area contributed by atoms with Gasteiger partial charge in [-0.15, -0.1) is 0 Å². The van der Waals surface area contributed by atoms with Crippen LogP contribution in [0.2, 0.25) is 0 Å². The standard InChI is InChI=1S/C9H12N4O/c10-3-7(6-14)8-4-12-9-5-11-1-2-13(8)9/h1-2,4-5,7,14H,3,6,10H2. The first-order valence-corrected chi connectivity index (χ1v) is 4.44. The van der Waals surface area contributed by atoms with Crippen molar-refractivity contribution in [3.63, 3.8) is 0 Å². The van der Waals surface area contributed by atoms with Crippen molar-refractivity contribution >= 4 is 5.65 Å². The Morgan fingerprint density at radius 3 is 3.07 bits per heavy atom. The summed E-state index contributed by atoms with van der Waals surface area (Å²) < 4.78 is 1.89. The Balaban J connectivity index is 2.51. The molecule has 0 amide bonds. The molecule has 2 heterocycles. The molecule has 14 heavy (non-hydrogen) atoms. The fourth-order valence-corrected chi connectivity index (χ4v) is 1.45. The monoisotopic (exact) mass is 192 g/mol. The molecule has 3 N–H and O–H groups in total. The topological polar surface area (TPSA) is 76.4 Å². The molecular weight excluding hydrogens is 180 g/mol. The third kappa shape index (κ3) is 1.36. The van der Waals surface area contributed by atoms with Crippen LogP contribution in [0, 0.1) is 0 Å². The summed E-state index contributed by atoms with van der Waals surface area (Å²) in [6.45, 7) is 0.444. The van der Waals surface area contributed by atoms with Gasteiger partial charge < -0.3 is 15.2 Å². The molecule has 0 fully saturated rings. The van der Waals surface area contributed by atoms with Crippen molar-refractivity contribution in [2.45, 2.75) is 5.92 Å². The van der Waals surface area contributed by atoms with Gasteiger partial charge in [-0.05, 0) is 0 Å². The minimum Gasteiger partial charge on any atom is -0.396 e. The van der Waals surface area contributed by atoms with Gasteiger partial charge in [-0.3, -0.25) is 4.98 Å². The zero-order valence-electron chi connectivity index (χ0n) is 7.67. The van der Waals surface area contributed by atoms with E-state index in [9.17, 15) is 0 Å². The first-order valence-electron chi connectivity index (χ1n) is 4.44. The molecule has 5 nitrogen and oxygen atoms in total. The number of hydrogen-bond acceptors (Lipinski definition) is 4. The summed E-state index contributed by atoms with van der Waals surface area (Å²) in [5, 5.41) is 9.12. The Kier molecular flexibility index (Phi) is 2.43. The molecule has 2 aromatic rings. The van der Waals surface area contributed by atoms with Gasteiger partial charge in [0.15, 0.2) is 5.65 Å². The van der Waals surface area contributed by atoms with Gasteiger partial charge in [-0.1, -0.05) is 0 Å². The van der Waals surface area contributed by atoms with E-state index in [1.165, 1.54) is 0 Å². The van der Waals surface area contributed by atoms with Crippen LogP contribution in [0.15, 0.2) is 24.8 Å². The average Bonchev–Trinajstić information content (AvgIpc) is 2.65. The molecule has 0 aromatic carbocycles. The van der Waals surface area contributed by atoms with Gasteiger partial charge in [0.05, 0.1) is 12.8 Å². The smallest absolute Gasteiger partial charge is 0.155 e. The molecule has 0 saturated heterocycles. The number of aromatic nitrogens is 3. The maximum Gasteiger partial charge on any atom is 0.155 e. The third-order valence-corrected chi connectivity index (χ3v) is 2.27. The third-order valence-electron chi connectivity index (χ3n) is 2.27. The predicted octanol–water partition coefficient (Wildman–Crippen LogP) is -0.236. The van der Waals surface area contributed by atoms with E-state index in [1.54, 1.807) is 18.6 Å². The van der Waals surface area contributed by atoms with Crippen molar-refractivity contribution in [1.29, 1.82) is 0 Å². The summed E-state index contributed by atoms with van der Waals surface area (Å²) >= 11 is 0. The molecule has 1 unspecified atom stereocenters. The second-order valence-corrected chi connectivity index (χ2v) is 3.10. The van der Waals surface area contributed by atoms with E-state index in [0.29, 0.717) is 6.54 Å². The number of nitrogens with two attached hydrogens (primary N) is 1. The van der Waals surface area contributed by atoms with Gasteiger partial charge in [0, 0.05) is 36.7 Å². The Bertz CT molecular complexity index is 421.